The average molecular weight is 146 g/mol. The van der Waals surface area contributed by atoms with Gasteiger partial charge in [0.05, 0.1) is 7.11 Å². The second-order valence-corrected chi connectivity index (χ2v) is 1.78. The van der Waals surface area contributed by atoms with Crippen molar-refractivity contribution in [3.63, 3.8) is 0 Å². The molecule has 0 fully saturated rings. The van der Waals surface area contributed by atoms with E-state index in [1.54, 1.807) is 0 Å². The summed E-state index contributed by atoms with van der Waals surface area (Å²) in [6, 6.07) is 0. The van der Waals surface area contributed by atoms with Crippen molar-refractivity contribution in [2.45, 2.75) is 6.42 Å². The second-order valence-electron chi connectivity index (χ2n) is 1.78. The number of methoxy groups -OCH3 is 1. The third kappa shape index (κ3) is 2.59. The molecule has 0 aromatic heterocycles. The van der Waals surface area contributed by atoms with Crippen molar-refractivity contribution < 1.29 is 19.4 Å². The fraction of sp³-hybridized carbons (Fsp3) is 0.667. The molecule has 1 N–H and O–H groups in total. The zero-order chi connectivity index (χ0) is 7.98. The van der Waals surface area contributed by atoms with Crippen molar-refractivity contribution >= 4 is 12.3 Å². The largest absolute Gasteiger partial charge is 0.468 e. The van der Waals surface area contributed by atoms with E-state index in [0.717, 1.165) is 0 Å². The van der Waals surface area contributed by atoms with E-state index in [2.05, 4.69) is 4.74 Å². The van der Waals surface area contributed by atoms with Crippen LogP contribution in [0.2, 0.25) is 0 Å². The Morgan fingerprint density at radius 3 is 2.70 bits per heavy atom. The zero-order valence-electron chi connectivity index (χ0n) is 5.74. The van der Waals surface area contributed by atoms with Crippen LogP contribution in [0.4, 0.5) is 0 Å². The van der Waals surface area contributed by atoms with E-state index >= 15 is 0 Å². The maximum atomic E-state index is 10.6. The van der Waals surface area contributed by atoms with Crippen molar-refractivity contribution in [2.24, 2.45) is 5.92 Å². The Labute approximate surface area is 58.8 Å². The van der Waals surface area contributed by atoms with Crippen LogP contribution in [0.15, 0.2) is 0 Å². The Bertz CT molecular complexity index is 121. The molecule has 10 heavy (non-hydrogen) atoms. The van der Waals surface area contributed by atoms with Gasteiger partial charge in [-0.3, -0.25) is 4.79 Å². The maximum absolute atomic E-state index is 10.6. The summed E-state index contributed by atoms with van der Waals surface area (Å²) in [5.41, 5.74) is 0. The minimum atomic E-state index is -0.810. The van der Waals surface area contributed by atoms with E-state index in [4.69, 9.17) is 5.11 Å². The molecule has 0 bridgehead atoms. The SMILES string of the molecule is COC(=O)C(C=O)CCO. The molecule has 0 heterocycles. The molecule has 4 heteroatoms. The summed E-state index contributed by atoms with van der Waals surface area (Å²) in [5, 5.41) is 8.35. The topological polar surface area (TPSA) is 63.6 Å². The number of aliphatic hydroxyl groups is 1. The molecular weight excluding hydrogens is 136 g/mol. The number of ether oxygens (including phenoxy) is 1. The van der Waals surface area contributed by atoms with Gasteiger partial charge in [0, 0.05) is 6.61 Å². The Hall–Kier alpha value is -0.900. The van der Waals surface area contributed by atoms with Crippen molar-refractivity contribution in [3.05, 3.63) is 0 Å². The number of aldehydes is 1. The van der Waals surface area contributed by atoms with Crippen molar-refractivity contribution in [3.8, 4) is 0 Å². The fourth-order valence-electron chi connectivity index (χ4n) is 0.532. The van der Waals surface area contributed by atoms with Gasteiger partial charge in [0.2, 0.25) is 0 Å². The third-order valence-corrected chi connectivity index (χ3v) is 1.11. The number of hydrogen-bond acceptors (Lipinski definition) is 4. The lowest BCUT2D eigenvalue weighted by Crippen LogP contribution is -2.18. The van der Waals surface area contributed by atoms with Crippen LogP contribution in [0.3, 0.4) is 0 Å². The molecule has 0 aliphatic rings. The zero-order valence-corrected chi connectivity index (χ0v) is 5.74. The van der Waals surface area contributed by atoms with Crippen LogP contribution in [-0.4, -0.2) is 31.1 Å². The molecule has 58 valence electrons. The molecule has 0 rings (SSSR count). The maximum Gasteiger partial charge on any atom is 0.315 e. The van der Waals surface area contributed by atoms with Gasteiger partial charge in [-0.25, -0.2) is 0 Å². The Morgan fingerprint density at radius 2 is 2.40 bits per heavy atom. The summed E-state index contributed by atoms with van der Waals surface area (Å²) >= 11 is 0. The van der Waals surface area contributed by atoms with Crippen LogP contribution in [0.25, 0.3) is 0 Å². The van der Waals surface area contributed by atoms with E-state index in [1.807, 2.05) is 0 Å². The van der Waals surface area contributed by atoms with E-state index in [9.17, 15) is 9.59 Å². The molecule has 0 amide bonds. The quantitative estimate of drug-likeness (QED) is 0.325. The van der Waals surface area contributed by atoms with Gasteiger partial charge in [0.25, 0.3) is 0 Å². The third-order valence-electron chi connectivity index (χ3n) is 1.11. The molecule has 0 saturated heterocycles. The molecule has 4 nitrogen and oxygen atoms in total. The van der Waals surface area contributed by atoms with E-state index < -0.39 is 11.9 Å². The Morgan fingerprint density at radius 1 is 1.80 bits per heavy atom. The number of esters is 1. The molecule has 1 unspecified atom stereocenters. The average Bonchev–Trinajstić information content (AvgIpc) is 1.99. The highest BCUT2D eigenvalue weighted by Gasteiger charge is 2.16. The van der Waals surface area contributed by atoms with Crippen LogP contribution >= 0.6 is 0 Å². The van der Waals surface area contributed by atoms with Crippen LogP contribution in [0, 0.1) is 5.92 Å². The standard InChI is InChI=1S/C6H10O4/c1-10-6(9)5(4-8)2-3-7/h4-5,7H,2-3H2,1H3. The van der Waals surface area contributed by atoms with Crippen LogP contribution in [0.1, 0.15) is 6.42 Å². The van der Waals surface area contributed by atoms with Gasteiger partial charge in [0.1, 0.15) is 12.2 Å². The molecule has 0 aromatic carbocycles. The monoisotopic (exact) mass is 146 g/mol. The molecule has 0 radical (unpaired) electrons. The number of aliphatic hydroxyl groups excluding tert-OH is 1. The number of carbonyl (C=O) groups excluding carboxylic acids is 2. The number of hydrogen-bond donors (Lipinski definition) is 1. The highest BCUT2D eigenvalue weighted by Crippen LogP contribution is 1.99. The lowest BCUT2D eigenvalue weighted by Gasteiger charge is -2.03. The smallest absolute Gasteiger partial charge is 0.315 e. The molecule has 0 aromatic rings. The molecule has 0 spiro atoms. The summed E-state index contributed by atoms with van der Waals surface area (Å²) < 4.78 is 4.27. The normalized spacial score (nSPS) is 12.2. The van der Waals surface area contributed by atoms with Gasteiger partial charge in [-0.05, 0) is 6.42 Å². The van der Waals surface area contributed by atoms with E-state index in [-0.39, 0.29) is 13.0 Å². The van der Waals surface area contributed by atoms with Gasteiger partial charge >= 0.3 is 5.97 Å². The number of rotatable bonds is 4. The molecular formula is C6H10O4. The Balaban J connectivity index is 3.80. The molecule has 0 saturated carbocycles. The van der Waals surface area contributed by atoms with Crippen molar-refractivity contribution in [1.29, 1.82) is 0 Å². The minimum absolute atomic E-state index is 0.135. The van der Waals surface area contributed by atoms with Gasteiger partial charge in [0.15, 0.2) is 0 Å². The first kappa shape index (κ1) is 9.10. The lowest BCUT2D eigenvalue weighted by molar-refractivity contribution is -0.147. The summed E-state index contributed by atoms with van der Waals surface area (Å²) in [6.45, 7) is -0.182. The van der Waals surface area contributed by atoms with Gasteiger partial charge in [-0.1, -0.05) is 0 Å². The molecule has 0 aliphatic carbocycles. The first-order chi connectivity index (χ1) is 4.76. The lowest BCUT2D eigenvalue weighted by atomic mass is 10.1. The van der Waals surface area contributed by atoms with Gasteiger partial charge < -0.3 is 14.6 Å². The predicted molar refractivity (Wildman–Crippen MR) is 33.3 cm³/mol. The van der Waals surface area contributed by atoms with E-state index in [1.165, 1.54) is 7.11 Å². The summed E-state index contributed by atoms with van der Waals surface area (Å²) in [4.78, 5) is 20.7. The van der Waals surface area contributed by atoms with Crippen LogP contribution in [-0.2, 0) is 14.3 Å². The highest BCUT2D eigenvalue weighted by atomic mass is 16.5. The van der Waals surface area contributed by atoms with Crippen LogP contribution < -0.4 is 0 Å². The summed E-state index contributed by atoms with van der Waals surface area (Å²) in [5.74, 6) is -1.40. The molecule has 0 aliphatic heterocycles. The van der Waals surface area contributed by atoms with E-state index in [0.29, 0.717) is 6.29 Å². The number of carbonyl (C=O) groups is 2. The predicted octanol–water partition coefficient (Wildman–Crippen LogP) is -0.643. The summed E-state index contributed by atoms with van der Waals surface area (Å²) in [6.07, 6.45) is 0.609. The highest BCUT2D eigenvalue weighted by molar-refractivity contribution is 5.87. The molecule has 1 atom stereocenters. The van der Waals surface area contributed by atoms with Crippen molar-refractivity contribution in [1.82, 2.24) is 0 Å². The van der Waals surface area contributed by atoms with Gasteiger partial charge in [-0.2, -0.15) is 0 Å². The Kier molecular flexibility index (Phi) is 4.49. The fourth-order valence-corrected chi connectivity index (χ4v) is 0.532. The first-order valence-corrected chi connectivity index (χ1v) is 2.90. The van der Waals surface area contributed by atoms with Gasteiger partial charge in [-0.15, -0.1) is 0 Å². The summed E-state index contributed by atoms with van der Waals surface area (Å²) in [7, 11) is 1.20. The second kappa shape index (κ2) is 4.93. The van der Waals surface area contributed by atoms with Crippen LogP contribution in [0.5, 0.6) is 0 Å². The minimum Gasteiger partial charge on any atom is -0.468 e. The van der Waals surface area contributed by atoms with Crippen molar-refractivity contribution in [2.75, 3.05) is 13.7 Å². The first-order valence-electron chi connectivity index (χ1n) is 2.90.